The van der Waals surface area contributed by atoms with Gasteiger partial charge in [-0.25, -0.2) is 14.2 Å². The number of rotatable bonds is 5. The molecule has 1 aliphatic rings. The SMILES string of the molecule is Cc1ccc2c(N)c(C(=O)NCCc3ccc(C4CCN(C(=O)OC(C)(C)C)CC4)c(F)c3)sc2n1. The smallest absolute Gasteiger partial charge is 0.410 e. The molecule has 3 heterocycles. The molecule has 9 heteroatoms. The molecule has 192 valence electrons. The van der Waals surface area contributed by atoms with Crippen molar-refractivity contribution in [3.8, 4) is 0 Å². The number of aryl methyl sites for hydroxylation is 1. The van der Waals surface area contributed by atoms with E-state index in [4.69, 9.17) is 10.5 Å². The second-order valence-electron chi connectivity index (χ2n) is 10.3. The van der Waals surface area contributed by atoms with E-state index in [1.165, 1.54) is 11.3 Å². The summed E-state index contributed by atoms with van der Waals surface area (Å²) in [5, 5.41) is 3.67. The predicted molar refractivity (Wildman–Crippen MR) is 141 cm³/mol. The van der Waals surface area contributed by atoms with E-state index in [1.807, 2.05) is 52.0 Å². The highest BCUT2D eigenvalue weighted by Gasteiger charge is 2.28. The van der Waals surface area contributed by atoms with Crippen molar-refractivity contribution in [2.24, 2.45) is 0 Å². The number of carbonyl (C=O) groups is 2. The van der Waals surface area contributed by atoms with E-state index in [-0.39, 0.29) is 23.7 Å². The van der Waals surface area contributed by atoms with Gasteiger partial charge >= 0.3 is 6.09 Å². The third-order valence-electron chi connectivity index (χ3n) is 6.29. The van der Waals surface area contributed by atoms with Crippen molar-refractivity contribution in [3.63, 3.8) is 0 Å². The van der Waals surface area contributed by atoms with Crippen LogP contribution in [-0.2, 0) is 11.2 Å². The molecule has 1 aliphatic heterocycles. The van der Waals surface area contributed by atoms with Crippen molar-refractivity contribution in [1.82, 2.24) is 15.2 Å². The predicted octanol–water partition coefficient (Wildman–Crippen LogP) is 5.41. The van der Waals surface area contributed by atoms with Gasteiger partial charge in [0.05, 0.1) is 5.69 Å². The van der Waals surface area contributed by atoms with Crippen LogP contribution in [0.5, 0.6) is 0 Å². The van der Waals surface area contributed by atoms with E-state index in [0.29, 0.717) is 55.0 Å². The first-order chi connectivity index (χ1) is 17.0. The van der Waals surface area contributed by atoms with E-state index in [0.717, 1.165) is 21.5 Å². The van der Waals surface area contributed by atoms with E-state index < -0.39 is 5.60 Å². The number of likely N-dealkylation sites (tertiary alicyclic amines) is 1. The maximum absolute atomic E-state index is 15.0. The average Bonchev–Trinajstić information content (AvgIpc) is 3.13. The lowest BCUT2D eigenvalue weighted by atomic mass is 9.88. The number of piperidine rings is 1. The van der Waals surface area contributed by atoms with Crippen molar-refractivity contribution < 1.29 is 18.7 Å². The molecule has 0 unspecified atom stereocenters. The molecule has 1 aromatic carbocycles. The fourth-order valence-electron chi connectivity index (χ4n) is 4.42. The van der Waals surface area contributed by atoms with Crippen LogP contribution in [0.4, 0.5) is 14.9 Å². The van der Waals surface area contributed by atoms with Crippen LogP contribution in [-0.4, -0.2) is 47.1 Å². The maximum Gasteiger partial charge on any atom is 0.410 e. The normalized spacial score (nSPS) is 14.8. The lowest BCUT2D eigenvalue weighted by molar-refractivity contribution is 0.0204. The molecule has 3 N–H and O–H groups in total. The number of pyridine rings is 1. The number of thiophene rings is 1. The number of anilines is 1. The molecule has 2 amide bonds. The van der Waals surface area contributed by atoms with Crippen molar-refractivity contribution in [2.75, 3.05) is 25.4 Å². The Bertz CT molecular complexity index is 1280. The number of nitrogen functional groups attached to an aromatic ring is 1. The average molecular weight is 513 g/mol. The van der Waals surface area contributed by atoms with Crippen molar-refractivity contribution in [1.29, 1.82) is 0 Å². The van der Waals surface area contributed by atoms with Gasteiger partial charge in [0.25, 0.3) is 5.91 Å². The first-order valence-electron chi connectivity index (χ1n) is 12.2. The molecule has 7 nitrogen and oxygen atoms in total. The molecule has 0 spiro atoms. The third kappa shape index (κ3) is 5.95. The van der Waals surface area contributed by atoms with E-state index in [9.17, 15) is 14.0 Å². The fraction of sp³-hybridized carbons (Fsp3) is 0.444. The zero-order valence-electron chi connectivity index (χ0n) is 21.2. The molecular weight excluding hydrogens is 479 g/mol. The number of hydrogen-bond acceptors (Lipinski definition) is 6. The van der Waals surface area contributed by atoms with Gasteiger partial charge in [-0.3, -0.25) is 4.79 Å². The summed E-state index contributed by atoms with van der Waals surface area (Å²) in [6.07, 6.45) is 1.57. The molecule has 4 rings (SSSR count). The number of nitrogens with two attached hydrogens (primary N) is 1. The number of aromatic nitrogens is 1. The highest BCUT2D eigenvalue weighted by atomic mass is 32.1. The highest BCUT2D eigenvalue weighted by molar-refractivity contribution is 7.21. The first-order valence-corrected chi connectivity index (χ1v) is 13.0. The van der Waals surface area contributed by atoms with Gasteiger partial charge in [-0.05, 0) is 82.2 Å². The molecule has 0 saturated carbocycles. The number of amides is 2. The summed E-state index contributed by atoms with van der Waals surface area (Å²) in [6, 6.07) is 9.04. The van der Waals surface area contributed by atoms with Gasteiger partial charge in [0.1, 0.15) is 21.1 Å². The van der Waals surface area contributed by atoms with Gasteiger partial charge in [-0.2, -0.15) is 0 Å². The Kier molecular flexibility index (Phi) is 7.49. The van der Waals surface area contributed by atoms with Crippen LogP contribution in [0.15, 0.2) is 30.3 Å². The van der Waals surface area contributed by atoms with Crippen molar-refractivity contribution in [2.45, 2.75) is 58.5 Å². The Hall–Kier alpha value is -3.20. The standard InChI is InChI=1S/C27H33FN4O3S/c1-16-5-7-20-22(29)23(36-25(20)31-16)24(33)30-12-9-17-6-8-19(21(28)15-17)18-10-13-32(14-11-18)26(34)35-27(2,3)4/h5-8,15,18H,9-14,29H2,1-4H3,(H,30,33). The largest absolute Gasteiger partial charge is 0.444 e. The van der Waals surface area contributed by atoms with E-state index in [2.05, 4.69) is 10.3 Å². The zero-order chi connectivity index (χ0) is 26.0. The van der Waals surface area contributed by atoms with Gasteiger partial charge in [-0.1, -0.05) is 12.1 Å². The Morgan fingerprint density at radius 1 is 1.22 bits per heavy atom. The third-order valence-corrected chi connectivity index (χ3v) is 7.40. The minimum Gasteiger partial charge on any atom is -0.444 e. The molecule has 0 atom stereocenters. The minimum atomic E-state index is -0.532. The number of carbonyl (C=O) groups excluding carboxylic acids is 2. The van der Waals surface area contributed by atoms with Gasteiger partial charge in [0.15, 0.2) is 0 Å². The summed E-state index contributed by atoms with van der Waals surface area (Å²) in [5.74, 6) is -0.433. The molecule has 36 heavy (non-hydrogen) atoms. The van der Waals surface area contributed by atoms with Gasteiger partial charge in [-0.15, -0.1) is 11.3 Å². The molecule has 2 aromatic heterocycles. The Balaban J connectivity index is 1.30. The van der Waals surface area contributed by atoms with Gasteiger partial charge < -0.3 is 20.7 Å². The van der Waals surface area contributed by atoms with Gasteiger partial charge in [0, 0.05) is 30.7 Å². The highest BCUT2D eigenvalue weighted by Crippen LogP contribution is 2.33. The molecule has 1 fully saturated rings. The quantitative estimate of drug-likeness (QED) is 0.476. The van der Waals surface area contributed by atoms with Crippen molar-refractivity contribution in [3.05, 3.63) is 57.8 Å². The second-order valence-corrected chi connectivity index (χ2v) is 11.3. The lowest BCUT2D eigenvalue weighted by Gasteiger charge is -2.33. The van der Waals surface area contributed by atoms with Crippen LogP contribution in [0.3, 0.4) is 0 Å². The number of nitrogens with zero attached hydrogens (tertiary/aromatic N) is 2. The van der Waals surface area contributed by atoms with Crippen LogP contribution in [0.2, 0.25) is 0 Å². The number of ether oxygens (including phenoxy) is 1. The summed E-state index contributed by atoms with van der Waals surface area (Å²) in [7, 11) is 0. The molecule has 1 saturated heterocycles. The Morgan fingerprint density at radius 3 is 2.61 bits per heavy atom. The van der Waals surface area contributed by atoms with E-state index >= 15 is 0 Å². The van der Waals surface area contributed by atoms with Crippen LogP contribution < -0.4 is 11.1 Å². The number of nitrogens with one attached hydrogen (secondary N) is 1. The molecule has 0 aliphatic carbocycles. The second kappa shape index (κ2) is 10.4. The summed E-state index contributed by atoms with van der Waals surface area (Å²) < 4.78 is 20.4. The summed E-state index contributed by atoms with van der Waals surface area (Å²) in [4.78, 5) is 32.3. The Morgan fingerprint density at radius 2 is 1.94 bits per heavy atom. The summed E-state index contributed by atoms with van der Waals surface area (Å²) >= 11 is 1.28. The summed E-state index contributed by atoms with van der Waals surface area (Å²) in [6.45, 7) is 8.89. The monoisotopic (exact) mass is 512 g/mol. The minimum absolute atomic E-state index is 0.0608. The lowest BCUT2D eigenvalue weighted by Crippen LogP contribution is -2.41. The first kappa shape index (κ1) is 25.9. The number of hydrogen-bond donors (Lipinski definition) is 2. The van der Waals surface area contributed by atoms with Crippen LogP contribution in [0, 0.1) is 12.7 Å². The van der Waals surface area contributed by atoms with Crippen LogP contribution >= 0.6 is 11.3 Å². The van der Waals surface area contributed by atoms with Crippen LogP contribution in [0.25, 0.3) is 10.2 Å². The molecule has 3 aromatic rings. The summed E-state index contributed by atoms with van der Waals surface area (Å²) in [5.41, 5.74) is 8.42. The molecule has 0 radical (unpaired) electrons. The van der Waals surface area contributed by atoms with Gasteiger partial charge in [0.2, 0.25) is 0 Å². The maximum atomic E-state index is 15.0. The molecular formula is C27H33FN4O3S. The number of halogens is 1. The molecule has 0 bridgehead atoms. The fourth-order valence-corrected chi connectivity index (χ4v) is 5.47. The number of fused-ring (bicyclic) bond motifs is 1. The Labute approximate surface area is 214 Å². The van der Waals surface area contributed by atoms with E-state index in [1.54, 1.807) is 11.0 Å². The topological polar surface area (TPSA) is 97.6 Å². The van der Waals surface area contributed by atoms with Crippen molar-refractivity contribution >= 4 is 39.2 Å². The number of benzene rings is 1. The van der Waals surface area contributed by atoms with Crippen LogP contribution in [0.1, 0.15) is 66.0 Å². The zero-order valence-corrected chi connectivity index (χ0v) is 22.0.